The van der Waals surface area contributed by atoms with Gasteiger partial charge in [0.25, 0.3) is 0 Å². The summed E-state index contributed by atoms with van der Waals surface area (Å²) in [5.41, 5.74) is 2.05. The van der Waals surface area contributed by atoms with Crippen molar-refractivity contribution in [2.75, 3.05) is 13.6 Å². The van der Waals surface area contributed by atoms with Crippen LogP contribution in [0.5, 0.6) is 0 Å². The van der Waals surface area contributed by atoms with Gasteiger partial charge in [0.2, 0.25) is 11.9 Å². The van der Waals surface area contributed by atoms with E-state index >= 15 is 0 Å². The number of nitrogens with one attached hydrogen (secondary N) is 3. The predicted octanol–water partition coefficient (Wildman–Crippen LogP) is 0.500. The molecule has 1 fully saturated rings. The molecule has 1 amide bonds. The number of rotatable bonds is 4. The van der Waals surface area contributed by atoms with Crippen LogP contribution in [0.25, 0.3) is 0 Å². The van der Waals surface area contributed by atoms with E-state index in [1.54, 1.807) is 7.05 Å². The average molecular weight is 269 g/mol. The van der Waals surface area contributed by atoms with Crippen molar-refractivity contribution in [1.82, 2.24) is 16.1 Å². The number of nitrogens with zero attached hydrogens (tertiary/aromatic N) is 1. The minimum Gasteiger partial charge on any atom is -0.359 e. The van der Waals surface area contributed by atoms with Gasteiger partial charge in [-0.15, -0.1) is 0 Å². The number of aliphatic imine (C=N–C) groups is 1. The second-order valence-electron chi connectivity index (χ2n) is 5.75. The third-order valence-corrected chi connectivity index (χ3v) is 3.56. The Bertz CT molecular complexity index is 321. The Balaban J connectivity index is 2.53. The number of hydrogen-bond donors (Lipinski definition) is 4. The maximum Gasteiger partial charge on any atom is 0.227 e. The predicted molar refractivity (Wildman–Crippen MR) is 77.5 cm³/mol. The summed E-state index contributed by atoms with van der Waals surface area (Å²) in [5, 5.41) is 5.97. The molecule has 1 aliphatic rings. The summed E-state index contributed by atoms with van der Waals surface area (Å²) in [6.45, 7) is 4.13. The highest BCUT2D eigenvalue weighted by Crippen LogP contribution is 2.18. The van der Waals surface area contributed by atoms with Crippen LogP contribution in [0.3, 0.4) is 0 Å². The number of hydrogen-bond acceptors (Lipinski definition) is 3. The lowest BCUT2D eigenvalue weighted by Gasteiger charge is -2.25. The molecule has 0 aliphatic heterocycles. The van der Waals surface area contributed by atoms with E-state index in [0.29, 0.717) is 18.5 Å². The van der Waals surface area contributed by atoms with Crippen LogP contribution >= 0.6 is 0 Å². The summed E-state index contributed by atoms with van der Waals surface area (Å²) < 4.78 is 0. The van der Waals surface area contributed by atoms with Crippen LogP contribution in [0.4, 0.5) is 0 Å². The Morgan fingerprint density at radius 1 is 1.32 bits per heavy atom. The van der Waals surface area contributed by atoms with Crippen molar-refractivity contribution < 1.29 is 4.79 Å². The Morgan fingerprint density at radius 2 is 1.95 bits per heavy atom. The Hall–Kier alpha value is -1.30. The van der Waals surface area contributed by atoms with Gasteiger partial charge in [0.05, 0.1) is 12.0 Å². The number of carbonyl (C=O) groups excluding carboxylic acids is 1. The van der Waals surface area contributed by atoms with Crippen LogP contribution < -0.4 is 21.9 Å². The first-order valence-corrected chi connectivity index (χ1v) is 6.99. The highest BCUT2D eigenvalue weighted by Gasteiger charge is 2.26. The molecule has 0 unspecified atom stereocenters. The quantitative estimate of drug-likeness (QED) is 0.259. The Labute approximate surface area is 115 Å². The fourth-order valence-electron chi connectivity index (χ4n) is 2.26. The minimum atomic E-state index is -0.537. The van der Waals surface area contributed by atoms with Crippen molar-refractivity contribution in [2.24, 2.45) is 16.3 Å². The summed E-state index contributed by atoms with van der Waals surface area (Å²) >= 11 is 0. The lowest BCUT2D eigenvalue weighted by molar-refractivity contribution is -0.128. The molecule has 1 aliphatic carbocycles. The first-order chi connectivity index (χ1) is 8.99. The molecule has 0 heterocycles. The van der Waals surface area contributed by atoms with Crippen LogP contribution in [-0.4, -0.2) is 31.5 Å². The second-order valence-corrected chi connectivity index (χ2v) is 5.75. The number of amides is 1. The third-order valence-electron chi connectivity index (χ3n) is 3.56. The van der Waals surface area contributed by atoms with Crippen LogP contribution in [-0.2, 0) is 4.79 Å². The molecule has 0 spiro atoms. The summed E-state index contributed by atoms with van der Waals surface area (Å²) in [5.74, 6) is 6.03. The first-order valence-electron chi connectivity index (χ1n) is 6.99. The molecule has 6 nitrogen and oxygen atoms in total. The van der Waals surface area contributed by atoms with Gasteiger partial charge in [-0.25, -0.2) is 5.84 Å². The smallest absolute Gasteiger partial charge is 0.227 e. The molecule has 0 bridgehead atoms. The maximum atomic E-state index is 11.7. The molecule has 19 heavy (non-hydrogen) atoms. The Morgan fingerprint density at radius 3 is 2.47 bits per heavy atom. The van der Waals surface area contributed by atoms with Gasteiger partial charge in [0.15, 0.2) is 0 Å². The molecular weight excluding hydrogens is 242 g/mol. The van der Waals surface area contributed by atoms with Crippen molar-refractivity contribution >= 4 is 11.9 Å². The number of hydrazine groups is 1. The van der Waals surface area contributed by atoms with Gasteiger partial charge < -0.3 is 10.6 Å². The van der Waals surface area contributed by atoms with E-state index in [0.717, 1.165) is 12.8 Å². The van der Waals surface area contributed by atoms with E-state index in [2.05, 4.69) is 21.1 Å². The lowest BCUT2D eigenvalue weighted by atomic mass is 9.92. The summed E-state index contributed by atoms with van der Waals surface area (Å²) in [4.78, 5) is 16.1. The summed E-state index contributed by atoms with van der Waals surface area (Å²) in [6.07, 6.45) is 6.11. The number of nitrogens with two attached hydrogens (primary N) is 1. The molecule has 5 N–H and O–H groups in total. The molecule has 1 saturated carbocycles. The monoisotopic (exact) mass is 269 g/mol. The van der Waals surface area contributed by atoms with Crippen molar-refractivity contribution in [3.05, 3.63) is 0 Å². The topological polar surface area (TPSA) is 91.5 Å². The maximum absolute atomic E-state index is 11.7. The highest BCUT2D eigenvalue weighted by molar-refractivity contribution is 5.83. The SMILES string of the molecule is CNC(=O)C(C)(C)CN=C(NN)NC1CCCCC1. The lowest BCUT2D eigenvalue weighted by Crippen LogP contribution is -2.48. The van der Waals surface area contributed by atoms with Gasteiger partial charge >= 0.3 is 0 Å². The molecule has 0 aromatic rings. The van der Waals surface area contributed by atoms with Crippen LogP contribution in [0, 0.1) is 5.41 Å². The van der Waals surface area contributed by atoms with Crippen molar-refractivity contribution in [3.8, 4) is 0 Å². The zero-order valence-corrected chi connectivity index (χ0v) is 12.3. The van der Waals surface area contributed by atoms with E-state index in [-0.39, 0.29) is 5.91 Å². The largest absolute Gasteiger partial charge is 0.359 e. The number of carbonyl (C=O) groups is 1. The van der Waals surface area contributed by atoms with Crippen LogP contribution in [0.1, 0.15) is 46.0 Å². The third kappa shape index (κ3) is 5.06. The van der Waals surface area contributed by atoms with Crippen molar-refractivity contribution in [1.29, 1.82) is 0 Å². The Kier molecular flexibility index (Phi) is 6.08. The van der Waals surface area contributed by atoms with Crippen molar-refractivity contribution in [3.63, 3.8) is 0 Å². The summed E-state index contributed by atoms with van der Waals surface area (Å²) in [7, 11) is 1.64. The molecule has 0 saturated heterocycles. The van der Waals surface area contributed by atoms with E-state index in [9.17, 15) is 4.79 Å². The fraction of sp³-hybridized carbons (Fsp3) is 0.846. The van der Waals surface area contributed by atoms with Gasteiger partial charge in [0.1, 0.15) is 0 Å². The van der Waals surface area contributed by atoms with Gasteiger partial charge in [-0.3, -0.25) is 15.2 Å². The molecule has 0 aromatic carbocycles. The molecule has 1 rings (SSSR count). The molecule has 0 aromatic heterocycles. The minimum absolute atomic E-state index is 0.0229. The molecule has 110 valence electrons. The van der Waals surface area contributed by atoms with Gasteiger partial charge in [-0.1, -0.05) is 19.3 Å². The molecule has 6 heteroatoms. The molecular formula is C13H27N5O. The van der Waals surface area contributed by atoms with E-state index < -0.39 is 5.41 Å². The standard InChI is InChI=1S/C13H27N5O/c1-13(2,11(19)15-3)9-16-12(18-14)17-10-7-5-4-6-8-10/h10H,4-9,14H2,1-3H3,(H,15,19)(H2,16,17,18). The zero-order chi connectivity index (χ0) is 14.3. The van der Waals surface area contributed by atoms with E-state index in [4.69, 9.17) is 5.84 Å². The van der Waals surface area contributed by atoms with Crippen LogP contribution in [0.2, 0.25) is 0 Å². The molecule has 0 radical (unpaired) electrons. The first kappa shape index (κ1) is 15.8. The van der Waals surface area contributed by atoms with E-state index in [1.165, 1.54) is 19.3 Å². The fourth-order valence-corrected chi connectivity index (χ4v) is 2.26. The second kappa shape index (κ2) is 7.33. The number of guanidine groups is 1. The van der Waals surface area contributed by atoms with Gasteiger partial charge in [0, 0.05) is 13.1 Å². The van der Waals surface area contributed by atoms with E-state index in [1.807, 2.05) is 13.8 Å². The van der Waals surface area contributed by atoms with Gasteiger partial charge in [-0.2, -0.15) is 0 Å². The molecule has 0 atom stereocenters. The zero-order valence-electron chi connectivity index (χ0n) is 12.3. The average Bonchev–Trinajstić information content (AvgIpc) is 2.43. The van der Waals surface area contributed by atoms with Crippen LogP contribution in [0.15, 0.2) is 4.99 Å². The highest BCUT2D eigenvalue weighted by atomic mass is 16.2. The van der Waals surface area contributed by atoms with Crippen molar-refractivity contribution in [2.45, 2.75) is 52.0 Å². The summed E-state index contributed by atoms with van der Waals surface area (Å²) in [6, 6.07) is 0.437. The normalized spacial score (nSPS) is 18.0. The van der Waals surface area contributed by atoms with Gasteiger partial charge in [-0.05, 0) is 26.7 Å².